The summed E-state index contributed by atoms with van der Waals surface area (Å²) >= 11 is 0. The summed E-state index contributed by atoms with van der Waals surface area (Å²) in [5.74, 6) is 0.828. The molecule has 0 heterocycles. The minimum atomic E-state index is -0.435. The first-order valence-electron chi connectivity index (χ1n) is 11.2. The van der Waals surface area contributed by atoms with Crippen molar-refractivity contribution in [3.63, 3.8) is 0 Å². The first kappa shape index (κ1) is 27.0. The lowest BCUT2D eigenvalue weighted by Crippen LogP contribution is -2.32. The van der Waals surface area contributed by atoms with Crippen molar-refractivity contribution >= 4 is 6.09 Å². The van der Waals surface area contributed by atoms with Crippen LogP contribution in [0.4, 0.5) is 4.79 Å². The van der Waals surface area contributed by atoms with E-state index in [4.69, 9.17) is 9.47 Å². The van der Waals surface area contributed by atoms with Gasteiger partial charge in [-0.25, -0.2) is 10.2 Å². The Morgan fingerprint density at radius 3 is 2.38 bits per heavy atom. The molecule has 0 bridgehead atoms. The molecule has 3 N–H and O–H groups in total. The van der Waals surface area contributed by atoms with Crippen molar-refractivity contribution in [3.05, 3.63) is 82.3 Å². The van der Waals surface area contributed by atoms with E-state index in [2.05, 4.69) is 36.1 Å². The average Bonchev–Trinajstić information content (AvgIpc) is 2.80. The predicted molar refractivity (Wildman–Crippen MR) is 132 cm³/mol. The van der Waals surface area contributed by atoms with Crippen molar-refractivity contribution in [2.24, 2.45) is 0 Å². The highest BCUT2D eigenvalue weighted by Crippen LogP contribution is 2.18. The molecule has 0 aliphatic heterocycles. The van der Waals surface area contributed by atoms with E-state index in [0.717, 1.165) is 53.0 Å². The van der Waals surface area contributed by atoms with Gasteiger partial charge in [-0.3, -0.25) is 0 Å². The molecule has 0 aliphatic rings. The number of benzene rings is 1. The molecular formula is C26H39N3O3. The number of rotatable bonds is 13. The summed E-state index contributed by atoms with van der Waals surface area (Å²) in [5.41, 5.74) is 11.4. The summed E-state index contributed by atoms with van der Waals surface area (Å²) in [6.45, 7) is 8.93. The normalized spacial score (nSPS) is 13.4. The van der Waals surface area contributed by atoms with E-state index in [9.17, 15) is 4.79 Å². The van der Waals surface area contributed by atoms with Crippen LogP contribution >= 0.6 is 0 Å². The van der Waals surface area contributed by atoms with Crippen LogP contribution in [-0.4, -0.2) is 26.8 Å². The summed E-state index contributed by atoms with van der Waals surface area (Å²) in [6, 6.07) is 9.64. The Bertz CT molecular complexity index is 824. The molecule has 0 aliphatic carbocycles. The highest BCUT2D eigenvalue weighted by molar-refractivity contribution is 5.67. The molecule has 0 radical (unpaired) electrons. The number of hydrogen-bond acceptors (Lipinski definition) is 5. The van der Waals surface area contributed by atoms with Gasteiger partial charge in [0.15, 0.2) is 0 Å². The second-order valence-corrected chi connectivity index (χ2v) is 7.40. The zero-order chi connectivity index (χ0) is 23.8. The van der Waals surface area contributed by atoms with E-state index in [0.29, 0.717) is 6.54 Å². The van der Waals surface area contributed by atoms with Gasteiger partial charge in [0, 0.05) is 13.6 Å². The number of allylic oxidation sites excluding steroid dienone is 5. The second kappa shape index (κ2) is 15.8. The molecule has 1 aromatic carbocycles. The summed E-state index contributed by atoms with van der Waals surface area (Å²) < 4.78 is 10.9. The van der Waals surface area contributed by atoms with Crippen LogP contribution in [0.25, 0.3) is 0 Å². The number of hydrogen-bond donors (Lipinski definition) is 3. The molecule has 0 fully saturated rings. The van der Waals surface area contributed by atoms with E-state index in [-0.39, 0.29) is 6.61 Å². The Hall–Kier alpha value is -2.99. The van der Waals surface area contributed by atoms with Crippen LogP contribution < -0.4 is 16.2 Å². The summed E-state index contributed by atoms with van der Waals surface area (Å²) in [5, 5.41) is 2.88. The van der Waals surface area contributed by atoms with Gasteiger partial charge in [0.1, 0.15) is 12.4 Å². The molecule has 1 amide bonds. The van der Waals surface area contributed by atoms with Crippen LogP contribution in [0, 0.1) is 0 Å². The van der Waals surface area contributed by atoms with Crippen molar-refractivity contribution in [2.75, 3.05) is 20.7 Å². The van der Waals surface area contributed by atoms with Crippen LogP contribution in [0.1, 0.15) is 52.5 Å². The van der Waals surface area contributed by atoms with Gasteiger partial charge in [0.2, 0.25) is 0 Å². The summed E-state index contributed by atoms with van der Waals surface area (Å²) in [4.78, 5) is 12.2. The van der Waals surface area contributed by atoms with Gasteiger partial charge in [-0.2, -0.15) is 0 Å². The number of carbonyl (C=O) groups excluding carboxylic acids is 1. The topological polar surface area (TPSA) is 71.6 Å². The summed E-state index contributed by atoms with van der Waals surface area (Å²) in [6.07, 6.45) is 8.44. The molecule has 176 valence electrons. The van der Waals surface area contributed by atoms with Crippen molar-refractivity contribution in [3.8, 4) is 0 Å². The van der Waals surface area contributed by atoms with Gasteiger partial charge < -0.3 is 20.2 Å². The fourth-order valence-corrected chi connectivity index (χ4v) is 3.20. The van der Waals surface area contributed by atoms with Crippen LogP contribution in [0.15, 0.2) is 76.7 Å². The lowest BCUT2D eigenvalue weighted by atomic mass is 10.0. The van der Waals surface area contributed by atoms with Crippen molar-refractivity contribution in [1.29, 1.82) is 0 Å². The highest BCUT2D eigenvalue weighted by atomic mass is 16.5. The molecule has 0 spiro atoms. The molecule has 32 heavy (non-hydrogen) atoms. The number of ether oxygens (including phenoxy) is 2. The second-order valence-electron chi connectivity index (χ2n) is 7.40. The number of hydrazine groups is 1. The maximum absolute atomic E-state index is 12.2. The SMILES string of the molecule is CC/C=C(C)/C(=C\C=C(C)\C(NNC)=C(\CCC)CNC(=O)OCc1ccccc1)OC. The van der Waals surface area contributed by atoms with Gasteiger partial charge >= 0.3 is 6.09 Å². The van der Waals surface area contributed by atoms with Gasteiger partial charge in [-0.05, 0) is 55.0 Å². The molecule has 0 aromatic heterocycles. The largest absolute Gasteiger partial charge is 0.497 e. The number of amides is 1. The fraction of sp³-hybridized carbons (Fsp3) is 0.423. The Morgan fingerprint density at radius 1 is 1.06 bits per heavy atom. The third-order valence-corrected chi connectivity index (χ3v) is 4.81. The molecule has 0 atom stereocenters. The molecule has 0 unspecified atom stereocenters. The minimum Gasteiger partial charge on any atom is -0.497 e. The monoisotopic (exact) mass is 441 g/mol. The minimum absolute atomic E-state index is 0.245. The number of carbonyl (C=O) groups is 1. The van der Waals surface area contributed by atoms with Gasteiger partial charge in [0.25, 0.3) is 0 Å². The van der Waals surface area contributed by atoms with Crippen LogP contribution in [0.2, 0.25) is 0 Å². The van der Waals surface area contributed by atoms with Gasteiger partial charge in [0.05, 0.1) is 12.8 Å². The Balaban J connectivity index is 2.98. The van der Waals surface area contributed by atoms with Crippen LogP contribution in [0.5, 0.6) is 0 Å². The zero-order valence-corrected chi connectivity index (χ0v) is 20.4. The fourth-order valence-electron chi connectivity index (χ4n) is 3.20. The summed E-state index contributed by atoms with van der Waals surface area (Å²) in [7, 11) is 3.50. The highest BCUT2D eigenvalue weighted by Gasteiger charge is 2.11. The van der Waals surface area contributed by atoms with Crippen molar-refractivity contribution in [1.82, 2.24) is 16.2 Å². The first-order valence-corrected chi connectivity index (χ1v) is 11.2. The van der Waals surface area contributed by atoms with Gasteiger partial charge in [-0.1, -0.05) is 62.8 Å². The molecule has 1 aromatic rings. The molecule has 0 saturated carbocycles. The smallest absolute Gasteiger partial charge is 0.407 e. The predicted octanol–water partition coefficient (Wildman–Crippen LogP) is 5.52. The molecule has 1 rings (SSSR count). The number of alkyl carbamates (subject to hydrolysis) is 1. The molecule has 0 saturated heterocycles. The number of nitrogens with one attached hydrogen (secondary N) is 3. The molecule has 6 heteroatoms. The lowest BCUT2D eigenvalue weighted by Gasteiger charge is -2.18. The van der Waals surface area contributed by atoms with E-state index in [1.165, 1.54) is 0 Å². The standard InChI is InChI=1S/C26H39N3O3/c1-7-12-20(3)24(31-6)17-16-21(4)25(29-27-5)23(13-8-2)18-28-26(30)32-19-22-14-10-9-11-15-22/h9-12,14-17,27,29H,7-8,13,18-19H2,1-6H3,(H,28,30)/b20-12+,21-16+,24-17+,25-23+. The van der Waals surface area contributed by atoms with Gasteiger partial charge in [-0.15, -0.1) is 0 Å². The Morgan fingerprint density at radius 2 is 1.78 bits per heavy atom. The third kappa shape index (κ3) is 9.88. The quantitative estimate of drug-likeness (QED) is 0.213. The average molecular weight is 442 g/mol. The van der Waals surface area contributed by atoms with Crippen molar-refractivity contribution in [2.45, 2.75) is 53.6 Å². The van der Waals surface area contributed by atoms with E-state index in [1.807, 2.05) is 63.4 Å². The lowest BCUT2D eigenvalue weighted by molar-refractivity contribution is 0.140. The molecular weight excluding hydrogens is 402 g/mol. The molecule has 6 nitrogen and oxygen atoms in total. The third-order valence-electron chi connectivity index (χ3n) is 4.81. The zero-order valence-electron chi connectivity index (χ0n) is 20.4. The van der Waals surface area contributed by atoms with Crippen LogP contribution in [0.3, 0.4) is 0 Å². The number of methoxy groups -OCH3 is 1. The van der Waals surface area contributed by atoms with Crippen LogP contribution in [-0.2, 0) is 16.1 Å². The van der Waals surface area contributed by atoms with E-state index < -0.39 is 6.09 Å². The van der Waals surface area contributed by atoms with Crippen molar-refractivity contribution < 1.29 is 14.3 Å². The van der Waals surface area contributed by atoms with E-state index in [1.54, 1.807) is 7.11 Å². The maximum Gasteiger partial charge on any atom is 0.407 e. The first-order chi connectivity index (χ1) is 15.5. The van der Waals surface area contributed by atoms with E-state index >= 15 is 0 Å². The maximum atomic E-state index is 12.2. The Kier molecular flexibility index (Phi) is 13.3. The Labute approximate surface area is 193 Å².